The van der Waals surface area contributed by atoms with Crippen molar-refractivity contribution in [2.45, 2.75) is 32.2 Å². The number of benzene rings is 1. The van der Waals surface area contributed by atoms with Gasteiger partial charge in [0.1, 0.15) is 11.8 Å². The molecule has 5 nitrogen and oxygen atoms in total. The lowest BCUT2D eigenvalue weighted by Crippen LogP contribution is -2.42. The van der Waals surface area contributed by atoms with Crippen LogP contribution in [0.2, 0.25) is 0 Å². The van der Waals surface area contributed by atoms with Gasteiger partial charge in [-0.25, -0.2) is 4.79 Å². The van der Waals surface area contributed by atoms with Gasteiger partial charge in [-0.15, -0.1) is 6.58 Å². The molecule has 0 aliphatic heterocycles. The number of carbonyl (C=O) groups is 2. The van der Waals surface area contributed by atoms with Gasteiger partial charge in [-0.2, -0.15) is 0 Å². The molecule has 5 heteroatoms. The molecule has 0 saturated heterocycles. The smallest absolute Gasteiger partial charge is 0.326 e. The first-order valence-electron chi connectivity index (χ1n) is 6.80. The zero-order valence-electron chi connectivity index (χ0n) is 12.3. The van der Waals surface area contributed by atoms with Crippen LogP contribution in [0.4, 0.5) is 0 Å². The minimum Gasteiger partial charge on any atom is -0.483 e. The first-order chi connectivity index (χ1) is 9.95. The second-order valence-corrected chi connectivity index (χ2v) is 4.96. The van der Waals surface area contributed by atoms with Crippen LogP contribution in [0.5, 0.6) is 5.75 Å². The average Bonchev–Trinajstić information content (AvgIpc) is 2.44. The SMILES string of the molecule is C=CCC(NC(=O)COc1ccccc1C(C)C)C(=O)O. The number of carboxylic acids is 1. The Bertz CT molecular complexity index is 511. The predicted octanol–water partition coefficient (Wildman–Crippen LogP) is 2.33. The van der Waals surface area contributed by atoms with Crippen LogP contribution in [0, 0.1) is 0 Å². The van der Waals surface area contributed by atoms with Gasteiger partial charge in [0.15, 0.2) is 6.61 Å². The molecule has 0 fully saturated rings. The second kappa shape index (κ2) is 8.09. The molecular formula is C16H21NO4. The molecule has 2 N–H and O–H groups in total. The van der Waals surface area contributed by atoms with Gasteiger partial charge >= 0.3 is 5.97 Å². The minimum absolute atomic E-state index is 0.170. The summed E-state index contributed by atoms with van der Waals surface area (Å²) in [7, 11) is 0. The standard InChI is InChI=1S/C16H21NO4/c1-4-7-13(16(19)20)17-15(18)10-21-14-9-6-5-8-12(14)11(2)3/h4-6,8-9,11,13H,1,7,10H2,2-3H3,(H,17,18)(H,19,20). The van der Waals surface area contributed by atoms with Gasteiger partial charge in [-0.3, -0.25) is 4.79 Å². The van der Waals surface area contributed by atoms with Crippen LogP contribution in [0.3, 0.4) is 0 Å². The number of carbonyl (C=O) groups excluding carboxylic acids is 1. The molecule has 1 aromatic rings. The van der Waals surface area contributed by atoms with Crippen LogP contribution < -0.4 is 10.1 Å². The summed E-state index contributed by atoms with van der Waals surface area (Å²) in [6.07, 6.45) is 1.62. The highest BCUT2D eigenvalue weighted by Gasteiger charge is 2.18. The Hall–Kier alpha value is -2.30. The third-order valence-electron chi connectivity index (χ3n) is 2.94. The Labute approximate surface area is 124 Å². The van der Waals surface area contributed by atoms with Gasteiger partial charge in [0.05, 0.1) is 0 Å². The molecular weight excluding hydrogens is 270 g/mol. The summed E-state index contributed by atoms with van der Waals surface area (Å²) in [4.78, 5) is 22.7. The third-order valence-corrected chi connectivity index (χ3v) is 2.94. The molecule has 1 unspecified atom stereocenters. The van der Waals surface area contributed by atoms with Crippen molar-refractivity contribution in [3.63, 3.8) is 0 Å². The van der Waals surface area contributed by atoms with Crippen molar-refractivity contribution >= 4 is 11.9 Å². The van der Waals surface area contributed by atoms with E-state index in [0.717, 1.165) is 5.56 Å². The number of hydrogen-bond acceptors (Lipinski definition) is 3. The third kappa shape index (κ3) is 5.30. The Balaban J connectivity index is 2.61. The number of ether oxygens (including phenoxy) is 1. The van der Waals surface area contributed by atoms with E-state index in [0.29, 0.717) is 5.75 Å². The van der Waals surface area contributed by atoms with Crippen molar-refractivity contribution in [3.05, 3.63) is 42.5 Å². The zero-order valence-corrected chi connectivity index (χ0v) is 12.3. The van der Waals surface area contributed by atoms with E-state index in [2.05, 4.69) is 11.9 Å². The average molecular weight is 291 g/mol. The van der Waals surface area contributed by atoms with E-state index in [1.54, 1.807) is 6.07 Å². The molecule has 0 aliphatic rings. The number of para-hydroxylation sites is 1. The topological polar surface area (TPSA) is 75.6 Å². The fourth-order valence-corrected chi connectivity index (χ4v) is 1.86. The number of nitrogens with one attached hydrogen (secondary N) is 1. The zero-order chi connectivity index (χ0) is 15.8. The molecule has 1 amide bonds. The monoisotopic (exact) mass is 291 g/mol. The predicted molar refractivity (Wildman–Crippen MR) is 80.4 cm³/mol. The minimum atomic E-state index is -1.09. The van der Waals surface area contributed by atoms with Gasteiger partial charge in [-0.05, 0) is 24.0 Å². The largest absolute Gasteiger partial charge is 0.483 e. The van der Waals surface area contributed by atoms with Crippen molar-refractivity contribution in [1.82, 2.24) is 5.32 Å². The quantitative estimate of drug-likeness (QED) is 0.721. The Kier molecular flexibility index (Phi) is 6.46. The van der Waals surface area contributed by atoms with Crippen molar-refractivity contribution in [2.75, 3.05) is 6.61 Å². The molecule has 0 spiro atoms. The van der Waals surface area contributed by atoms with Crippen LogP contribution in [0.25, 0.3) is 0 Å². The maximum atomic E-state index is 11.8. The van der Waals surface area contributed by atoms with E-state index in [4.69, 9.17) is 9.84 Å². The fourth-order valence-electron chi connectivity index (χ4n) is 1.86. The molecule has 21 heavy (non-hydrogen) atoms. The molecule has 114 valence electrons. The summed E-state index contributed by atoms with van der Waals surface area (Å²) in [5.74, 6) is -0.649. The van der Waals surface area contributed by atoms with E-state index >= 15 is 0 Å². The van der Waals surface area contributed by atoms with Crippen LogP contribution in [0.15, 0.2) is 36.9 Å². The lowest BCUT2D eigenvalue weighted by Gasteiger charge is -2.15. The lowest BCUT2D eigenvalue weighted by atomic mass is 10.0. The number of amides is 1. The summed E-state index contributed by atoms with van der Waals surface area (Å²) < 4.78 is 5.49. The first kappa shape index (κ1) is 16.8. The molecule has 0 bridgehead atoms. The van der Waals surface area contributed by atoms with Crippen molar-refractivity contribution in [1.29, 1.82) is 0 Å². The summed E-state index contributed by atoms with van der Waals surface area (Å²) in [5, 5.41) is 11.4. The second-order valence-electron chi connectivity index (χ2n) is 4.96. The summed E-state index contributed by atoms with van der Waals surface area (Å²) >= 11 is 0. The van der Waals surface area contributed by atoms with E-state index < -0.39 is 17.9 Å². The normalized spacial score (nSPS) is 11.8. The molecule has 1 rings (SSSR count). The molecule has 0 aromatic heterocycles. The summed E-state index contributed by atoms with van der Waals surface area (Å²) in [5.41, 5.74) is 1.01. The summed E-state index contributed by atoms with van der Waals surface area (Å²) in [6, 6.07) is 6.50. The highest BCUT2D eigenvalue weighted by atomic mass is 16.5. The van der Waals surface area contributed by atoms with E-state index in [-0.39, 0.29) is 18.9 Å². The van der Waals surface area contributed by atoms with Gasteiger partial charge < -0.3 is 15.2 Å². The number of rotatable bonds is 8. The van der Waals surface area contributed by atoms with Crippen LogP contribution in [0.1, 0.15) is 31.7 Å². The van der Waals surface area contributed by atoms with Crippen LogP contribution >= 0.6 is 0 Å². The Morgan fingerprint density at radius 1 is 1.38 bits per heavy atom. The van der Waals surface area contributed by atoms with E-state index in [1.165, 1.54) is 6.08 Å². The maximum Gasteiger partial charge on any atom is 0.326 e. The van der Waals surface area contributed by atoms with E-state index in [9.17, 15) is 9.59 Å². The Morgan fingerprint density at radius 3 is 2.62 bits per heavy atom. The van der Waals surface area contributed by atoms with Gasteiger partial charge in [0.25, 0.3) is 5.91 Å². The lowest BCUT2D eigenvalue weighted by molar-refractivity contribution is -0.142. The fraction of sp³-hybridized carbons (Fsp3) is 0.375. The molecule has 0 saturated carbocycles. The number of carboxylic acid groups (broad SMARTS) is 1. The van der Waals surface area contributed by atoms with Gasteiger partial charge in [0.2, 0.25) is 0 Å². The van der Waals surface area contributed by atoms with Crippen molar-refractivity contribution in [2.24, 2.45) is 0 Å². The van der Waals surface area contributed by atoms with Crippen molar-refractivity contribution < 1.29 is 19.4 Å². The molecule has 1 aromatic carbocycles. The van der Waals surface area contributed by atoms with Gasteiger partial charge in [0, 0.05) is 0 Å². The number of aliphatic carboxylic acids is 1. The molecule has 0 radical (unpaired) electrons. The molecule has 1 atom stereocenters. The van der Waals surface area contributed by atoms with E-state index in [1.807, 2.05) is 32.0 Å². The van der Waals surface area contributed by atoms with Crippen LogP contribution in [-0.4, -0.2) is 29.6 Å². The van der Waals surface area contributed by atoms with Crippen LogP contribution in [-0.2, 0) is 9.59 Å². The highest BCUT2D eigenvalue weighted by Crippen LogP contribution is 2.25. The maximum absolute atomic E-state index is 11.8. The highest BCUT2D eigenvalue weighted by molar-refractivity contribution is 5.84. The van der Waals surface area contributed by atoms with Crippen molar-refractivity contribution in [3.8, 4) is 5.75 Å². The first-order valence-corrected chi connectivity index (χ1v) is 6.80. The molecule has 0 heterocycles. The molecule has 0 aliphatic carbocycles. The van der Waals surface area contributed by atoms with Gasteiger partial charge in [-0.1, -0.05) is 38.1 Å². The Morgan fingerprint density at radius 2 is 2.05 bits per heavy atom. The summed E-state index contributed by atoms with van der Waals surface area (Å²) in [6.45, 7) is 7.32. The number of hydrogen-bond donors (Lipinski definition) is 2.